The first-order valence-electron chi connectivity index (χ1n) is 19.3. The number of hydrogen-bond acceptors (Lipinski definition) is 13. The number of alkyl carbamates (subject to hydrolysis) is 1. The van der Waals surface area contributed by atoms with E-state index < -0.39 is 53.7 Å². The number of anilines is 1. The Kier molecular flexibility index (Phi) is 16.0. The molecule has 62 heavy (non-hydrogen) atoms. The van der Waals surface area contributed by atoms with Crippen LogP contribution in [0.2, 0.25) is 5.02 Å². The molecule has 2 heterocycles. The molecular formula is C43H43ClN6O11S. The van der Waals surface area contributed by atoms with Crippen molar-refractivity contribution in [3.8, 4) is 5.75 Å². The van der Waals surface area contributed by atoms with Crippen molar-refractivity contribution in [3.63, 3.8) is 0 Å². The van der Waals surface area contributed by atoms with Crippen molar-refractivity contribution in [3.05, 3.63) is 107 Å². The number of rotatable bonds is 17. The molecule has 3 aromatic carbocycles. The molecule has 324 valence electrons. The number of imide groups is 1. The maximum absolute atomic E-state index is 13.1. The van der Waals surface area contributed by atoms with Gasteiger partial charge in [0.2, 0.25) is 23.3 Å². The molecule has 0 unspecified atom stereocenters. The minimum absolute atomic E-state index is 0.00878. The number of unbranched alkanes of at least 4 members (excludes halogenated alkanes) is 1. The SMILES string of the molecule is COc1ccc(N=c2ccc3cc(Cl)ccc3o2)cc1C(=S)NC(=O)OCc1ccc(NC(=O)[C@@H](C)NC(=O)[C@H](NC(=O)CCCCC(=O)ON2C(=O)C=CC2=O)C(C)C)cc1. The number of halogens is 1. The van der Waals surface area contributed by atoms with Crippen LogP contribution in [0.3, 0.4) is 0 Å². The summed E-state index contributed by atoms with van der Waals surface area (Å²) in [5, 5.41) is 12.3. The molecule has 0 radical (unpaired) electrons. The maximum atomic E-state index is 13.1. The fourth-order valence-corrected chi connectivity index (χ4v) is 6.21. The van der Waals surface area contributed by atoms with E-state index in [0.29, 0.717) is 49.5 Å². The monoisotopic (exact) mass is 886 g/mol. The Balaban J connectivity index is 1.04. The smallest absolute Gasteiger partial charge is 0.412 e. The predicted octanol–water partition coefficient (Wildman–Crippen LogP) is 5.46. The number of nitrogens with one attached hydrogen (secondary N) is 4. The molecule has 19 heteroatoms. The zero-order chi connectivity index (χ0) is 44.9. The highest BCUT2D eigenvalue weighted by molar-refractivity contribution is 7.80. The first-order chi connectivity index (χ1) is 29.6. The number of thiocarbonyl (C=S) groups is 1. The van der Waals surface area contributed by atoms with Gasteiger partial charge in [0.15, 0.2) is 0 Å². The van der Waals surface area contributed by atoms with Crippen LogP contribution in [0.4, 0.5) is 16.2 Å². The quantitative estimate of drug-likeness (QED) is 0.0590. The molecule has 0 bridgehead atoms. The summed E-state index contributed by atoms with van der Waals surface area (Å²) in [5.74, 6) is -3.77. The maximum Gasteiger partial charge on any atom is 0.412 e. The second kappa shape index (κ2) is 21.6. The summed E-state index contributed by atoms with van der Waals surface area (Å²) in [4.78, 5) is 95.8. The zero-order valence-electron chi connectivity index (χ0n) is 34.0. The van der Waals surface area contributed by atoms with E-state index in [9.17, 15) is 33.6 Å². The van der Waals surface area contributed by atoms with Crippen molar-refractivity contribution in [2.75, 3.05) is 12.4 Å². The minimum atomic E-state index is -0.978. The van der Waals surface area contributed by atoms with Gasteiger partial charge in [-0.3, -0.25) is 29.3 Å². The number of benzene rings is 3. The molecule has 0 spiro atoms. The highest BCUT2D eigenvalue weighted by Crippen LogP contribution is 2.25. The lowest BCUT2D eigenvalue weighted by Gasteiger charge is -2.24. The molecule has 1 aliphatic heterocycles. The fraction of sp³-hybridized carbons (Fsp3) is 0.279. The average Bonchev–Trinajstić information content (AvgIpc) is 3.55. The second-order valence-electron chi connectivity index (χ2n) is 14.2. The van der Waals surface area contributed by atoms with Crippen molar-refractivity contribution in [2.24, 2.45) is 10.9 Å². The van der Waals surface area contributed by atoms with Gasteiger partial charge in [0, 0.05) is 47.2 Å². The van der Waals surface area contributed by atoms with Crippen LogP contribution in [0.15, 0.2) is 94.4 Å². The molecule has 5 rings (SSSR count). The highest BCUT2D eigenvalue weighted by Gasteiger charge is 2.29. The van der Waals surface area contributed by atoms with Crippen LogP contribution in [0.1, 0.15) is 57.6 Å². The molecule has 6 amide bonds. The van der Waals surface area contributed by atoms with E-state index in [1.54, 1.807) is 80.6 Å². The first kappa shape index (κ1) is 46.2. The number of carbonyl (C=O) groups excluding carboxylic acids is 7. The van der Waals surface area contributed by atoms with Gasteiger partial charge in [-0.15, -0.1) is 0 Å². The van der Waals surface area contributed by atoms with Crippen molar-refractivity contribution in [1.29, 1.82) is 0 Å². The summed E-state index contributed by atoms with van der Waals surface area (Å²) >= 11 is 11.6. The number of amides is 6. The highest BCUT2D eigenvalue weighted by atomic mass is 35.5. The van der Waals surface area contributed by atoms with Gasteiger partial charge in [0.1, 0.15) is 35.0 Å². The molecule has 0 saturated carbocycles. The lowest BCUT2D eigenvalue weighted by molar-refractivity contribution is -0.196. The van der Waals surface area contributed by atoms with Crippen molar-refractivity contribution in [2.45, 2.75) is 65.1 Å². The third-order valence-electron chi connectivity index (χ3n) is 9.08. The molecule has 1 aliphatic rings. The molecule has 0 saturated heterocycles. The van der Waals surface area contributed by atoms with Crippen molar-refractivity contribution in [1.82, 2.24) is 21.0 Å². The number of hydrogen-bond donors (Lipinski definition) is 4. The Morgan fingerprint density at radius 1 is 0.855 bits per heavy atom. The van der Waals surface area contributed by atoms with Gasteiger partial charge in [0.05, 0.1) is 18.4 Å². The summed E-state index contributed by atoms with van der Waals surface area (Å²) in [7, 11) is 1.47. The van der Waals surface area contributed by atoms with E-state index in [-0.39, 0.29) is 43.2 Å². The zero-order valence-corrected chi connectivity index (χ0v) is 35.6. The molecule has 2 atom stereocenters. The molecular weight excluding hydrogens is 844 g/mol. The number of methoxy groups -OCH3 is 1. The van der Waals surface area contributed by atoms with Crippen LogP contribution >= 0.6 is 23.8 Å². The second-order valence-corrected chi connectivity index (χ2v) is 15.0. The molecule has 0 fully saturated rings. The lowest BCUT2D eigenvalue weighted by atomic mass is 10.0. The van der Waals surface area contributed by atoms with E-state index in [4.69, 9.17) is 42.5 Å². The van der Waals surface area contributed by atoms with Crippen LogP contribution in [0.25, 0.3) is 11.0 Å². The Labute approximate surface area is 365 Å². The van der Waals surface area contributed by atoms with Crippen LogP contribution in [-0.2, 0) is 44.9 Å². The van der Waals surface area contributed by atoms with E-state index in [1.165, 1.54) is 14.0 Å². The molecule has 4 aromatic rings. The molecule has 17 nitrogen and oxygen atoms in total. The van der Waals surface area contributed by atoms with Crippen LogP contribution < -0.4 is 31.6 Å². The third kappa shape index (κ3) is 13.0. The van der Waals surface area contributed by atoms with E-state index in [1.807, 2.05) is 6.07 Å². The predicted molar refractivity (Wildman–Crippen MR) is 229 cm³/mol. The van der Waals surface area contributed by atoms with Gasteiger partial charge in [0.25, 0.3) is 11.8 Å². The Hall–Kier alpha value is -6.92. The first-order valence-corrected chi connectivity index (χ1v) is 20.1. The fourth-order valence-electron chi connectivity index (χ4n) is 5.79. The van der Waals surface area contributed by atoms with Crippen molar-refractivity contribution < 1.29 is 52.3 Å². The van der Waals surface area contributed by atoms with Gasteiger partial charge >= 0.3 is 12.1 Å². The molecule has 0 aliphatic carbocycles. The van der Waals surface area contributed by atoms with Crippen molar-refractivity contribution >= 4 is 92.7 Å². The van der Waals surface area contributed by atoms with E-state index in [0.717, 1.165) is 17.5 Å². The third-order valence-corrected chi connectivity index (χ3v) is 9.64. The Morgan fingerprint density at radius 2 is 1.56 bits per heavy atom. The van der Waals surface area contributed by atoms with Crippen LogP contribution in [0.5, 0.6) is 5.75 Å². The number of ether oxygens (including phenoxy) is 2. The van der Waals surface area contributed by atoms with Gasteiger partial charge in [-0.05, 0) is 85.8 Å². The van der Waals surface area contributed by atoms with Gasteiger partial charge in [-0.2, -0.15) is 0 Å². The lowest BCUT2D eigenvalue weighted by Crippen LogP contribution is -2.53. The van der Waals surface area contributed by atoms with E-state index in [2.05, 4.69) is 26.3 Å². The van der Waals surface area contributed by atoms with Crippen LogP contribution in [0, 0.1) is 5.92 Å². The Bertz CT molecular complexity index is 2470. The number of fused-ring (bicyclic) bond motifs is 1. The average molecular weight is 887 g/mol. The summed E-state index contributed by atoms with van der Waals surface area (Å²) in [6.45, 7) is 4.85. The van der Waals surface area contributed by atoms with Gasteiger partial charge in [-0.25, -0.2) is 14.6 Å². The minimum Gasteiger partial charge on any atom is -0.496 e. The summed E-state index contributed by atoms with van der Waals surface area (Å²) in [6.07, 6.45) is 1.51. The summed E-state index contributed by atoms with van der Waals surface area (Å²) < 4.78 is 16.7. The molecule has 4 N–H and O–H groups in total. The number of nitrogens with zero attached hydrogens (tertiary/aromatic N) is 2. The standard InChI is InChI=1S/C43H43ClN6O11S/c1-24(2)39(48-34(51)7-5-6-8-38(54)61-50-36(52)19-20-37(50)53)41(56)45-25(3)40(55)47-29-13-9-26(10-14-29)23-59-43(57)49-42(62)31-22-30(15-17-33(31)58-4)46-35-18-11-27-21-28(44)12-16-32(27)60-35/h9-22,24-25,39H,5-8,23H2,1-4H3,(H,45,56)(H,47,55)(H,48,51)(H,49,57,62)/t25-,39-/m1/s1. The van der Waals surface area contributed by atoms with Crippen LogP contribution in [-0.4, -0.2) is 70.8 Å². The largest absolute Gasteiger partial charge is 0.496 e. The number of carbonyl (C=O) groups is 7. The van der Waals surface area contributed by atoms with E-state index >= 15 is 0 Å². The van der Waals surface area contributed by atoms with Gasteiger partial charge in [-0.1, -0.05) is 54.9 Å². The summed E-state index contributed by atoms with van der Waals surface area (Å²) in [5.41, 5.74) is 2.84. The summed E-state index contributed by atoms with van der Waals surface area (Å²) in [6, 6.07) is 18.4. The Morgan fingerprint density at radius 3 is 2.26 bits per heavy atom. The molecule has 1 aromatic heterocycles. The number of hydroxylamine groups is 2. The normalized spacial score (nSPS) is 13.4. The topological polar surface area (TPSA) is 224 Å². The van der Waals surface area contributed by atoms with Gasteiger partial charge < -0.3 is 34.7 Å².